The highest BCUT2D eigenvalue weighted by Crippen LogP contribution is 2.30. The average Bonchev–Trinajstić information content (AvgIpc) is 2.66. The van der Waals surface area contributed by atoms with E-state index in [1.54, 1.807) is 12.4 Å². The number of nitrogens with one attached hydrogen (secondary N) is 1. The molecule has 26 heavy (non-hydrogen) atoms. The van der Waals surface area contributed by atoms with Crippen molar-refractivity contribution in [1.82, 2.24) is 14.9 Å². The van der Waals surface area contributed by atoms with Gasteiger partial charge in [-0.2, -0.15) is 0 Å². The summed E-state index contributed by atoms with van der Waals surface area (Å²) in [5, 5.41) is 14.5. The number of aromatic hydroxyl groups is 1. The third-order valence-corrected chi connectivity index (χ3v) is 5.14. The van der Waals surface area contributed by atoms with Crippen LogP contribution in [0.25, 0.3) is 10.9 Å². The van der Waals surface area contributed by atoms with Crippen LogP contribution >= 0.6 is 0 Å². The van der Waals surface area contributed by atoms with Crippen molar-refractivity contribution in [2.75, 3.05) is 18.4 Å². The van der Waals surface area contributed by atoms with Crippen molar-refractivity contribution in [3.8, 4) is 5.75 Å². The molecule has 3 aromatic rings. The number of nitrogens with zero attached hydrogens (tertiary/aromatic N) is 3. The van der Waals surface area contributed by atoms with Crippen molar-refractivity contribution >= 4 is 22.4 Å². The average molecular weight is 348 g/mol. The summed E-state index contributed by atoms with van der Waals surface area (Å²) in [6.07, 6.45) is 4.06. The largest absolute Gasteiger partial charge is 0.506 e. The second-order valence-corrected chi connectivity index (χ2v) is 7.17. The van der Waals surface area contributed by atoms with Crippen molar-refractivity contribution in [3.63, 3.8) is 0 Å². The zero-order chi connectivity index (χ0) is 17.9. The number of fused-ring (bicyclic) bond motifs is 1. The predicted molar refractivity (Wildman–Crippen MR) is 105 cm³/mol. The number of aromatic nitrogens is 2. The molecule has 2 N–H and O–H groups in total. The Kier molecular flexibility index (Phi) is 4.71. The van der Waals surface area contributed by atoms with Crippen molar-refractivity contribution in [1.29, 1.82) is 0 Å². The maximum atomic E-state index is 10.3. The lowest BCUT2D eigenvalue weighted by Crippen LogP contribution is -2.32. The van der Waals surface area contributed by atoms with Crippen LogP contribution in [0.4, 0.5) is 11.5 Å². The molecule has 5 heteroatoms. The molecule has 1 aliphatic heterocycles. The predicted octanol–water partition coefficient (Wildman–Crippen LogP) is 4.31. The molecule has 0 bridgehead atoms. The minimum absolute atomic E-state index is 0.226. The number of rotatable bonds is 4. The van der Waals surface area contributed by atoms with Crippen LogP contribution in [-0.2, 0) is 6.54 Å². The third kappa shape index (κ3) is 3.63. The van der Waals surface area contributed by atoms with E-state index in [1.807, 2.05) is 36.4 Å². The minimum Gasteiger partial charge on any atom is -0.506 e. The highest BCUT2D eigenvalue weighted by Gasteiger charge is 2.16. The summed E-state index contributed by atoms with van der Waals surface area (Å²) in [5.41, 5.74) is 2.75. The first-order valence-electron chi connectivity index (χ1n) is 9.20. The van der Waals surface area contributed by atoms with E-state index in [1.165, 1.54) is 18.4 Å². The Balaban J connectivity index is 1.56. The number of hydrogen-bond donors (Lipinski definition) is 2. The summed E-state index contributed by atoms with van der Waals surface area (Å²) in [6.45, 7) is 5.51. The Labute approximate surface area is 153 Å². The summed E-state index contributed by atoms with van der Waals surface area (Å²) in [7, 11) is 0. The summed E-state index contributed by atoms with van der Waals surface area (Å²) in [6, 6.07) is 13.6. The zero-order valence-electron chi connectivity index (χ0n) is 15.0. The smallest absolute Gasteiger partial charge is 0.141 e. The summed E-state index contributed by atoms with van der Waals surface area (Å²) in [5.74, 6) is 1.76. The van der Waals surface area contributed by atoms with Gasteiger partial charge >= 0.3 is 0 Å². The highest BCUT2D eigenvalue weighted by molar-refractivity contribution is 5.90. The number of benzene rings is 2. The zero-order valence-corrected chi connectivity index (χ0v) is 15.0. The molecule has 4 rings (SSSR count). The van der Waals surface area contributed by atoms with Crippen LogP contribution in [-0.4, -0.2) is 33.1 Å². The lowest BCUT2D eigenvalue weighted by Gasteiger charge is -2.30. The van der Waals surface area contributed by atoms with Gasteiger partial charge in [0.2, 0.25) is 0 Å². The van der Waals surface area contributed by atoms with E-state index >= 15 is 0 Å². The first-order chi connectivity index (χ1) is 12.7. The Morgan fingerprint density at radius 3 is 2.77 bits per heavy atom. The molecular formula is C21H24N4O. The standard InChI is InChI=1S/C21H24N4O/c1-15-8-10-25(11-9-15)13-16-6-7-20(26)19(12-16)24-21-17-4-2-3-5-18(17)22-14-23-21/h2-7,12,14-15,26H,8-11,13H2,1H3,(H,22,23,24). The molecule has 134 valence electrons. The molecule has 2 heterocycles. The fourth-order valence-electron chi connectivity index (χ4n) is 3.49. The van der Waals surface area contributed by atoms with E-state index in [0.29, 0.717) is 11.5 Å². The van der Waals surface area contributed by atoms with E-state index in [-0.39, 0.29) is 5.75 Å². The quantitative estimate of drug-likeness (QED) is 0.688. The SMILES string of the molecule is CC1CCN(Cc2ccc(O)c(Nc3ncnc4ccccc34)c2)CC1. The van der Waals surface area contributed by atoms with Crippen LogP contribution in [0, 0.1) is 5.92 Å². The van der Waals surface area contributed by atoms with Crippen molar-refractivity contribution in [2.45, 2.75) is 26.3 Å². The second kappa shape index (κ2) is 7.30. The Morgan fingerprint density at radius 2 is 1.92 bits per heavy atom. The monoisotopic (exact) mass is 348 g/mol. The van der Waals surface area contributed by atoms with Gasteiger partial charge in [0.25, 0.3) is 0 Å². The van der Waals surface area contributed by atoms with E-state index in [9.17, 15) is 5.11 Å². The molecule has 0 unspecified atom stereocenters. The molecule has 0 aliphatic carbocycles. The maximum Gasteiger partial charge on any atom is 0.141 e. The van der Waals surface area contributed by atoms with Gasteiger partial charge in [-0.15, -0.1) is 0 Å². The van der Waals surface area contributed by atoms with Gasteiger partial charge in [0, 0.05) is 11.9 Å². The van der Waals surface area contributed by atoms with Gasteiger partial charge in [-0.3, -0.25) is 4.90 Å². The number of phenols is 1. The van der Waals surface area contributed by atoms with Gasteiger partial charge in [0.05, 0.1) is 11.2 Å². The van der Waals surface area contributed by atoms with Gasteiger partial charge in [-0.1, -0.05) is 25.1 Å². The summed E-state index contributed by atoms with van der Waals surface area (Å²) < 4.78 is 0. The highest BCUT2D eigenvalue weighted by atomic mass is 16.3. The summed E-state index contributed by atoms with van der Waals surface area (Å²) >= 11 is 0. The third-order valence-electron chi connectivity index (χ3n) is 5.14. The summed E-state index contributed by atoms with van der Waals surface area (Å²) in [4.78, 5) is 11.1. The van der Waals surface area contributed by atoms with Crippen LogP contribution in [0.5, 0.6) is 5.75 Å². The molecule has 0 amide bonds. The lowest BCUT2D eigenvalue weighted by atomic mass is 9.99. The van der Waals surface area contributed by atoms with E-state index in [0.717, 1.165) is 36.5 Å². The number of likely N-dealkylation sites (tertiary alicyclic amines) is 1. The van der Waals surface area contributed by atoms with E-state index in [4.69, 9.17) is 0 Å². The number of piperidine rings is 1. The molecule has 5 nitrogen and oxygen atoms in total. The topological polar surface area (TPSA) is 61.3 Å². The first-order valence-corrected chi connectivity index (χ1v) is 9.20. The normalized spacial score (nSPS) is 16.0. The number of para-hydroxylation sites is 1. The molecule has 1 aliphatic rings. The van der Waals surface area contributed by atoms with Gasteiger partial charge in [0.15, 0.2) is 0 Å². The van der Waals surface area contributed by atoms with Crippen molar-refractivity contribution < 1.29 is 5.11 Å². The van der Waals surface area contributed by atoms with Gasteiger partial charge in [-0.25, -0.2) is 9.97 Å². The van der Waals surface area contributed by atoms with Gasteiger partial charge < -0.3 is 10.4 Å². The number of anilines is 2. The van der Waals surface area contributed by atoms with Gasteiger partial charge in [-0.05, 0) is 61.7 Å². The molecule has 1 fully saturated rings. The van der Waals surface area contributed by atoms with Crippen LogP contribution in [0.3, 0.4) is 0 Å². The van der Waals surface area contributed by atoms with Crippen LogP contribution in [0.15, 0.2) is 48.8 Å². The van der Waals surface area contributed by atoms with Crippen molar-refractivity contribution in [3.05, 3.63) is 54.4 Å². The van der Waals surface area contributed by atoms with Crippen LogP contribution < -0.4 is 5.32 Å². The fraction of sp³-hybridized carbons (Fsp3) is 0.333. The molecule has 1 aromatic heterocycles. The number of phenolic OH excluding ortho intramolecular Hbond substituents is 1. The molecule has 0 radical (unpaired) electrons. The molecule has 1 saturated heterocycles. The Bertz CT molecular complexity index is 898. The van der Waals surface area contributed by atoms with Crippen LogP contribution in [0.1, 0.15) is 25.3 Å². The van der Waals surface area contributed by atoms with E-state index in [2.05, 4.69) is 27.1 Å². The van der Waals surface area contributed by atoms with E-state index < -0.39 is 0 Å². The first kappa shape index (κ1) is 16.8. The number of hydrogen-bond acceptors (Lipinski definition) is 5. The maximum absolute atomic E-state index is 10.3. The minimum atomic E-state index is 0.226. The lowest BCUT2D eigenvalue weighted by molar-refractivity contribution is 0.185. The molecule has 2 aromatic carbocycles. The fourth-order valence-corrected chi connectivity index (χ4v) is 3.49. The molecule has 0 atom stereocenters. The molecular weight excluding hydrogens is 324 g/mol. The van der Waals surface area contributed by atoms with Gasteiger partial charge in [0.1, 0.15) is 17.9 Å². The van der Waals surface area contributed by atoms with Crippen molar-refractivity contribution in [2.24, 2.45) is 5.92 Å². The molecule has 0 saturated carbocycles. The molecule has 0 spiro atoms. The Hall–Kier alpha value is -2.66. The Morgan fingerprint density at radius 1 is 1.12 bits per heavy atom. The van der Waals surface area contributed by atoms with Crippen LogP contribution in [0.2, 0.25) is 0 Å². The second-order valence-electron chi connectivity index (χ2n) is 7.17.